The Kier molecular flexibility index (Phi) is 15.4. The van der Waals surface area contributed by atoms with Crippen LogP contribution in [0.4, 0.5) is 4.39 Å². The molecule has 362 valence electrons. The predicted molar refractivity (Wildman–Crippen MR) is 242 cm³/mol. The number of fused-ring (bicyclic) bond motifs is 5. The van der Waals surface area contributed by atoms with E-state index in [4.69, 9.17) is 14.5 Å². The standard InChI is InChI=1S/C48H51FN8O12/c1-26-16-30-32(33-22-57-37(43(33)54-36(30)18-35(26)49)17-31-34(47(57)66)23-69-48(67)44(31)63)21-55(20-29-10-6-4-7-11-29)42(62)24-68-25-51-39(59)19-50-45(64)27(2)53-46(65)28(3)52-38(58)12-8-5-9-15-56-40(60)13-14-41(56)61/h4,6-7,10-11,13-14,16-18,27-28,44,63H,5,8-9,12,15,19-25H2,1-3H3,(H,50,64)(H,51,59)(H,52,58)(H,53,65)/t27-,28+,44+/m1/s1. The number of carbonyl (C=O) groups excluding carboxylic acids is 8. The summed E-state index contributed by atoms with van der Waals surface area (Å²) in [4.78, 5) is 121. The van der Waals surface area contributed by atoms with Crippen molar-refractivity contribution in [1.29, 1.82) is 0 Å². The van der Waals surface area contributed by atoms with Crippen molar-refractivity contribution in [1.82, 2.24) is 40.6 Å². The van der Waals surface area contributed by atoms with Gasteiger partial charge in [0.2, 0.25) is 29.5 Å². The summed E-state index contributed by atoms with van der Waals surface area (Å²) in [5.41, 5.74) is 2.90. The highest BCUT2D eigenvalue weighted by atomic mass is 19.1. The van der Waals surface area contributed by atoms with Gasteiger partial charge in [0, 0.05) is 60.8 Å². The summed E-state index contributed by atoms with van der Waals surface area (Å²) >= 11 is 0. The summed E-state index contributed by atoms with van der Waals surface area (Å²) < 4.78 is 27.1. The minimum absolute atomic E-state index is 0.0296. The number of aliphatic hydroxyl groups excluding tert-OH is 1. The second-order valence-electron chi connectivity index (χ2n) is 16.9. The fraction of sp³-hybridized carbons (Fsp3) is 0.375. The quantitative estimate of drug-likeness (QED) is 0.0318. The first-order valence-electron chi connectivity index (χ1n) is 22.3. The van der Waals surface area contributed by atoms with E-state index >= 15 is 4.39 Å². The van der Waals surface area contributed by atoms with Gasteiger partial charge in [0.15, 0.2) is 6.10 Å². The minimum atomic E-state index is -1.68. The minimum Gasteiger partial charge on any atom is -0.458 e. The SMILES string of the molecule is Cc1cc2c(CN(Cc3ccccc3)C(=O)COCNC(=O)CNC(=O)[C@@H](C)NC(=O)[C@H](C)NC(=O)CCCCCN3C(=O)C=CC3=O)c3c(nc2cc1F)-c1cc2c(c(=O)n1C3)COC(=O)[C@H]2O. The van der Waals surface area contributed by atoms with E-state index < -0.39 is 85.0 Å². The fourth-order valence-corrected chi connectivity index (χ4v) is 8.16. The molecular formula is C48H51FN8O12. The number of aryl methyl sites for hydroxylation is 1. The van der Waals surface area contributed by atoms with E-state index in [1.54, 1.807) is 13.0 Å². The van der Waals surface area contributed by atoms with Crippen molar-refractivity contribution in [3.63, 3.8) is 0 Å². The molecule has 2 aromatic carbocycles. The Bertz CT molecular complexity index is 2810. The first-order chi connectivity index (χ1) is 33.0. The number of esters is 1. The number of pyridine rings is 2. The number of imide groups is 1. The fourth-order valence-electron chi connectivity index (χ4n) is 8.16. The third kappa shape index (κ3) is 11.4. The molecule has 69 heavy (non-hydrogen) atoms. The van der Waals surface area contributed by atoms with Crippen molar-refractivity contribution >= 4 is 58.2 Å². The van der Waals surface area contributed by atoms with E-state index in [-0.39, 0.29) is 67.7 Å². The van der Waals surface area contributed by atoms with Crippen LogP contribution in [-0.4, -0.2) is 110 Å². The maximum atomic E-state index is 15.1. The zero-order valence-corrected chi connectivity index (χ0v) is 38.1. The molecule has 2 aromatic heterocycles. The third-order valence-corrected chi connectivity index (χ3v) is 12.0. The number of aliphatic hydroxyl groups is 1. The number of nitrogens with one attached hydrogen (secondary N) is 4. The van der Waals surface area contributed by atoms with E-state index in [0.29, 0.717) is 52.7 Å². The Morgan fingerprint density at radius 2 is 1.62 bits per heavy atom. The lowest BCUT2D eigenvalue weighted by Gasteiger charge is -2.25. The van der Waals surface area contributed by atoms with E-state index in [2.05, 4.69) is 21.3 Å². The maximum absolute atomic E-state index is 15.1. The van der Waals surface area contributed by atoms with E-state index in [9.17, 15) is 48.3 Å². The lowest BCUT2D eigenvalue weighted by molar-refractivity contribution is -0.157. The number of hydrogen-bond acceptors (Lipinski definition) is 13. The van der Waals surface area contributed by atoms with Crippen LogP contribution >= 0.6 is 0 Å². The summed E-state index contributed by atoms with van der Waals surface area (Å²) in [6.07, 6.45) is 2.41. The Balaban J connectivity index is 0.918. The number of rotatable bonds is 20. The van der Waals surface area contributed by atoms with Gasteiger partial charge in [-0.25, -0.2) is 14.2 Å². The molecule has 7 rings (SSSR count). The Hall–Kier alpha value is -7.65. The highest BCUT2D eigenvalue weighted by Crippen LogP contribution is 2.39. The Labute approximate surface area is 394 Å². The molecule has 20 nitrogen and oxygen atoms in total. The smallest absolute Gasteiger partial charge is 0.340 e. The van der Waals surface area contributed by atoms with Gasteiger partial charge in [0.25, 0.3) is 17.4 Å². The molecule has 3 atom stereocenters. The van der Waals surface area contributed by atoms with Gasteiger partial charge in [0.05, 0.1) is 35.6 Å². The highest BCUT2D eigenvalue weighted by Gasteiger charge is 2.35. The van der Waals surface area contributed by atoms with E-state index in [1.165, 1.54) is 47.6 Å². The zero-order chi connectivity index (χ0) is 49.5. The van der Waals surface area contributed by atoms with E-state index in [1.807, 2.05) is 30.3 Å². The molecule has 0 fully saturated rings. The summed E-state index contributed by atoms with van der Waals surface area (Å²) in [5.74, 6) is -5.00. The molecule has 3 aliphatic heterocycles. The molecule has 0 aliphatic carbocycles. The van der Waals surface area contributed by atoms with Crippen molar-refractivity contribution in [3.05, 3.63) is 110 Å². The second-order valence-corrected chi connectivity index (χ2v) is 16.9. The number of amides is 7. The van der Waals surface area contributed by atoms with Gasteiger partial charge in [-0.1, -0.05) is 36.8 Å². The number of halogens is 1. The van der Waals surface area contributed by atoms with Crippen LogP contribution in [0, 0.1) is 12.7 Å². The number of cyclic esters (lactones) is 1. The molecular weight excluding hydrogens is 900 g/mol. The first kappa shape index (κ1) is 49.3. The molecule has 0 saturated heterocycles. The van der Waals surface area contributed by atoms with Gasteiger partial charge in [-0.15, -0.1) is 0 Å². The topological polar surface area (TPSA) is 265 Å². The Morgan fingerprint density at radius 3 is 2.36 bits per heavy atom. The van der Waals surface area contributed by atoms with Crippen molar-refractivity contribution < 1.29 is 57.3 Å². The molecule has 0 radical (unpaired) electrons. The predicted octanol–water partition coefficient (Wildman–Crippen LogP) is 1.19. The molecule has 5 N–H and O–H groups in total. The highest BCUT2D eigenvalue weighted by molar-refractivity contribution is 6.12. The van der Waals surface area contributed by atoms with Crippen molar-refractivity contribution in [2.45, 2.75) is 90.9 Å². The van der Waals surface area contributed by atoms with Crippen LogP contribution in [-0.2, 0) is 74.1 Å². The molecule has 3 aliphatic rings. The van der Waals surface area contributed by atoms with E-state index in [0.717, 1.165) is 10.5 Å². The number of unbranched alkanes of at least 4 members (excludes halogenated alkanes) is 2. The summed E-state index contributed by atoms with van der Waals surface area (Å²) in [5, 5.41) is 21.1. The molecule has 0 unspecified atom stereocenters. The number of carbonyl (C=O) groups is 8. The van der Waals surface area contributed by atoms with Crippen LogP contribution in [0.2, 0.25) is 0 Å². The molecule has 5 heterocycles. The maximum Gasteiger partial charge on any atom is 0.340 e. The molecule has 4 aromatic rings. The monoisotopic (exact) mass is 950 g/mol. The third-order valence-electron chi connectivity index (χ3n) is 12.0. The molecule has 21 heteroatoms. The van der Waals surface area contributed by atoms with Gasteiger partial charge in [-0.05, 0) is 62.4 Å². The lowest BCUT2D eigenvalue weighted by atomic mass is 9.97. The zero-order valence-electron chi connectivity index (χ0n) is 38.1. The largest absolute Gasteiger partial charge is 0.458 e. The van der Waals surface area contributed by atoms with Crippen LogP contribution in [0.3, 0.4) is 0 Å². The Morgan fingerprint density at radius 1 is 0.899 bits per heavy atom. The average molecular weight is 951 g/mol. The number of benzene rings is 2. The van der Waals surface area contributed by atoms with Gasteiger partial charge in [-0.2, -0.15) is 0 Å². The summed E-state index contributed by atoms with van der Waals surface area (Å²) in [6, 6.07) is 11.5. The normalized spacial score (nSPS) is 15.5. The molecule has 0 saturated carbocycles. The molecule has 0 bridgehead atoms. The van der Waals surface area contributed by atoms with Crippen LogP contribution in [0.15, 0.2) is 65.5 Å². The summed E-state index contributed by atoms with van der Waals surface area (Å²) in [7, 11) is 0. The van der Waals surface area contributed by atoms with Crippen molar-refractivity contribution in [2.24, 2.45) is 0 Å². The number of ether oxygens (including phenoxy) is 2. The average Bonchev–Trinajstić information content (AvgIpc) is 3.86. The van der Waals surface area contributed by atoms with Crippen LogP contribution in [0.1, 0.15) is 79.0 Å². The lowest BCUT2D eigenvalue weighted by Crippen LogP contribution is -2.52. The second kappa shape index (κ2) is 21.5. The van der Waals surface area contributed by atoms with Gasteiger partial charge >= 0.3 is 5.97 Å². The number of nitrogens with zero attached hydrogens (tertiary/aromatic N) is 4. The van der Waals surface area contributed by atoms with Gasteiger partial charge in [-0.3, -0.25) is 43.3 Å². The van der Waals surface area contributed by atoms with Gasteiger partial charge < -0.3 is 45.3 Å². The van der Waals surface area contributed by atoms with Crippen LogP contribution in [0.25, 0.3) is 22.3 Å². The van der Waals surface area contributed by atoms with Gasteiger partial charge in [0.1, 0.15) is 37.8 Å². The summed E-state index contributed by atoms with van der Waals surface area (Å²) in [6.45, 7) is 3.10. The van der Waals surface area contributed by atoms with Crippen LogP contribution in [0.5, 0.6) is 0 Å². The van der Waals surface area contributed by atoms with Crippen molar-refractivity contribution in [2.75, 3.05) is 26.4 Å². The molecule has 0 spiro atoms. The number of hydrogen-bond donors (Lipinski definition) is 5. The first-order valence-corrected chi connectivity index (χ1v) is 22.3. The van der Waals surface area contributed by atoms with Crippen molar-refractivity contribution in [3.8, 4) is 11.4 Å². The molecule has 7 amide bonds. The van der Waals surface area contributed by atoms with Crippen LogP contribution < -0.4 is 26.8 Å². The number of aromatic nitrogens is 2.